The number of thiazole rings is 1. The molecule has 32 heavy (non-hydrogen) atoms. The fraction of sp³-hybridized carbons (Fsp3) is 0.292. The van der Waals surface area contributed by atoms with E-state index in [0.717, 1.165) is 45.5 Å². The summed E-state index contributed by atoms with van der Waals surface area (Å²) in [6, 6.07) is 9.99. The number of nitrogens with zero attached hydrogens (tertiary/aromatic N) is 4. The molecule has 0 saturated heterocycles. The van der Waals surface area contributed by atoms with E-state index in [0.29, 0.717) is 22.9 Å². The third-order valence-corrected chi connectivity index (χ3v) is 6.44. The molecule has 8 heteroatoms. The number of carbonyl (C=O) groups is 1. The molecule has 0 atom stereocenters. The lowest BCUT2D eigenvalue weighted by Gasteiger charge is -2.21. The summed E-state index contributed by atoms with van der Waals surface area (Å²) in [6.45, 7) is 8.63. The van der Waals surface area contributed by atoms with Crippen LogP contribution in [-0.2, 0) is 17.8 Å². The largest absolute Gasteiger partial charge is 0.286 e. The molecule has 4 aromatic rings. The van der Waals surface area contributed by atoms with Crippen LogP contribution in [0.25, 0.3) is 10.2 Å². The maximum Gasteiger partial charge on any atom is 0.233 e. The Bertz CT molecular complexity index is 1310. The number of benzene rings is 2. The molecule has 2 aromatic heterocycles. The molecule has 0 radical (unpaired) electrons. The van der Waals surface area contributed by atoms with Gasteiger partial charge in [-0.1, -0.05) is 35.1 Å². The minimum absolute atomic E-state index is 0.0711. The number of fused-ring (bicyclic) bond motifs is 1. The molecule has 0 aliphatic heterocycles. The minimum atomic E-state index is -0.733. The van der Waals surface area contributed by atoms with Gasteiger partial charge < -0.3 is 0 Å². The van der Waals surface area contributed by atoms with Crippen molar-refractivity contribution in [2.45, 2.75) is 40.7 Å². The maximum absolute atomic E-state index is 14.3. The van der Waals surface area contributed by atoms with E-state index in [2.05, 4.69) is 10.1 Å². The van der Waals surface area contributed by atoms with E-state index < -0.39 is 11.6 Å². The van der Waals surface area contributed by atoms with E-state index >= 15 is 0 Å². The van der Waals surface area contributed by atoms with Crippen LogP contribution in [0.2, 0.25) is 0 Å². The van der Waals surface area contributed by atoms with Gasteiger partial charge in [0.15, 0.2) is 10.9 Å². The number of hydrogen-bond donors (Lipinski definition) is 0. The first-order valence-corrected chi connectivity index (χ1v) is 11.2. The van der Waals surface area contributed by atoms with Crippen molar-refractivity contribution in [3.8, 4) is 0 Å². The van der Waals surface area contributed by atoms with Crippen LogP contribution in [0.4, 0.5) is 13.9 Å². The lowest BCUT2D eigenvalue weighted by Crippen LogP contribution is -2.35. The third-order valence-electron chi connectivity index (χ3n) is 5.41. The van der Waals surface area contributed by atoms with Crippen LogP contribution in [0.5, 0.6) is 0 Å². The Balaban J connectivity index is 1.67. The zero-order valence-electron chi connectivity index (χ0n) is 18.4. The zero-order valence-corrected chi connectivity index (χ0v) is 19.3. The Labute approximate surface area is 189 Å². The van der Waals surface area contributed by atoms with E-state index in [1.807, 2.05) is 56.6 Å². The Morgan fingerprint density at radius 3 is 2.56 bits per heavy atom. The number of halogens is 2. The third kappa shape index (κ3) is 4.55. The summed E-state index contributed by atoms with van der Waals surface area (Å²) in [6.07, 6.45) is 0.190. The molecule has 0 N–H and O–H groups in total. The Kier molecular flexibility index (Phi) is 6.06. The van der Waals surface area contributed by atoms with Gasteiger partial charge in [-0.3, -0.25) is 14.4 Å². The average Bonchev–Trinajstić information content (AvgIpc) is 3.27. The summed E-state index contributed by atoms with van der Waals surface area (Å²) in [5, 5.41) is 4.81. The van der Waals surface area contributed by atoms with Gasteiger partial charge in [-0.25, -0.2) is 13.8 Å². The number of hydrogen-bond acceptors (Lipinski definition) is 4. The normalized spacial score (nSPS) is 11.3. The molecule has 5 nitrogen and oxygen atoms in total. The van der Waals surface area contributed by atoms with Crippen LogP contribution < -0.4 is 4.90 Å². The number of carbonyl (C=O) groups excluding carboxylic acids is 1. The van der Waals surface area contributed by atoms with Gasteiger partial charge in [0.25, 0.3) is 0 Å². The molecule has 2 aromatic carbocycles. The van der Waals surface area contributed by atoms with Crippen molar-refractivity contribution in [3.05, 3.63) is 76.1 Å². The summed E-state index contributed by atoms with van der Waals surface area (Å²) in [5.74, 6) is -1.55. The topological polar surface area (TPSA) is 51.0 Å². The second kappa shape index (κ2) is 8.78. The number of aromatic nitrogens is 3. The van der Waals surface area contributed by atoms with Gasteiger partial charge in [0, 0.05) is 18.3 Å². The monoisotopic (exact) mass is 454 g/mol. The molecule has 166 valence electrons. The van der Waals surface area contributed by atoms with E-state index in [1.54, 1.807) is 4.90 Å². The maximum atomic E-state index is 14.3. The lowest BCUT2D eigenvalue weighted by atomic mass is 10.0. The highest BCUT2D eigenvalue weighted by Gasteiger charge is 2.22. The van der Waals surface area contributed by atoms with Gasteiger partial charge in [-0.15, -0.1) is 0 Å². The first-order chi connectivity index (χ1) is 15.2. The van der Waals surface area contributed by atoms with E-state index in [9.17, 15) is 13.6 Å². The summed E-state index contributed by atoms with van der Waals surface area (Å²) < 4.78 is 30.2. The quantitative estimate of drug-likeness (QED) is 0.398. The van der Waals surface area contributed by atoms with Crippen molar-refractivity contribution >= 4 is 32.6 Å². The standard InChI is InChI=1S/C24H24F2N4OS/c1-14-5-6-18(15(2)9-14)11-22(31)29(7-8-30-17(4)10-16(3)28-30)24-27-23-20(26)12-19(25)13-21(23)32-24/h5-6,9-10,12-13H,7-8,11H2,1-4H3. The molecule has 0 saturated carbocycles. The predicted octanol–water partition coefficient (Wildman–Crippen LogP) is 5.28. The van der Waals surface area contributed by atoms with Crippen LogP contribution >= 0.6 is 11.3 Å². The van der Waals surface area contributed by atoms with Crippen molar-refractivity contribution in [1.82, 2.24) is 14.8 Å². The highest BCUT2D eigenvalue weighted by atomic mass is 32.1. The van der Waals surface area contributed by atoms with Crippen LogP contribution in [0.3, 0.4) is 0 Å². The minimum Gasteiger partial charge on any atom is -0.286 e. The summed E-state index contributed by atoms with van der Waals surface area (Å²) in [7, 11) is 0. The first-order valence-electron chi connectivity index (χ1n) is 10.3. The number of aryl methyl sites for hydroxylation is 4. The molecule has 0 fully saturated rings. The van der Waals surface area contributed by atoms with Gasteiger partial charge in [0.1, 0.15) is 11.3 Å². The molecular formula is C24H24F2N4OS. The second-order valence-electron chi connectivity index (χ2n) is 8.03. The second-order valence-corrected chi connectivity index (χ2v) is 9.04. The van der Waals surface area contributed by atoms with E-state index in [1.165, 1.54) is 6.07 Å². The van der Waals surface area contributed by atoms with Crippen molar-refractivity contribution in [2.75, 3.05) is 11.4 Å². The first kappa shape index (κ1) is 22.1. The predicted molar refractivity (Wildman–Crippen MR) is 123 cm³/mol. The fourth-order valence-corrected chi connectivity index (χ4v) is 4.83. The molecule has 0 aliphatic carbocycles. The Hall–Kier alpha value is -3.13. The fourth-order valence-electron chi connectivity index (χ4n) is 3.79. The highest BCUT2D eigenvalue weighted by Crippen LogP contribution is 2.31. The SMILES string of the molecule is Cc1ccc(CC(=O)N(CCn2nc(C)cc2C)c2nc3c(F)cc(F)cc3s2)c(C)c1. The van der Waals surface area contributed by atoms with Crippen molar-refractivity contribution in [2.24, 2.45) is 0 Å². The lowest BCUT2D eigenvalue weighted by molar-refractivity contribution is -0.118. The summed E-state index contributed by atoms with van der Waals surface area (Å²) in [5.41, 5.74) is 5.05. The number of rotatable bonds is 6. The van der Waals surface area contributed by atoms with Gasteiger partial charge in [0.05, 0.1) is 23.4 Å². The van der Waals surface area contributed by atoms with E-state index in [4.69, 9.17) is 0 Å². The number of anilines is 1. The smallest absolute Gasteiger partial charge is 0.233 e. The van der Waals surface area contributed by atoms with Gasteiger partial charge >= 0.3 is 0 Å². The Morgan fingerprint density at radius 2 is 1.88 bits per heavy atom. The molecular weight excluding hydrogens is 430 g/mol. The van der Waals surface area contributed by atoms with Crippen LogP contribution in [0.15, 0.2) is 36.4 Å². The van der Waals surface area contributed by atoms with Crippen molar-refractivity contribution in [3.63, 3.8) is 0 Å². The average molecular weight is 455 g/mol. The van der Waals surface area contributed by atoms with Crippen LogP contribution in [0, 0.1) is 39.3 Å². The van der Waals surface area contributed by atoms with Gasteiger partial charge in [-0.2, -0.15) is 5.10 Å². The summed E-state index contributed by atoms with van der Waals surface area (Å²) in [4.78, 5) is 19.3. The molecule has 2 heterocycles. The zero-order chi connectivity index (χ0) is 23.0. The molecule has 0 unspecified atom stereocenters. The molecule has 0 aliphatic rings. The Morgan fingerprint density at radius 1 is 1.09 bits per heavy atom. The van der Waals surface area contributed by atoms with E-state index in [-0.39, 0.29) is 17.8 Å². The van der Waals surface area contributed by atoms with Gasteiger partial charge in [-0.05, 0) is 51.0 Å². The molecule has 0 bridgehead atoms. The number of amides is 1. The molecule has 1 amide bonds. The van der Waals surface area contributed by atoms with Crippen molar-refractivity contribution < 1.29 is 13.6 Å². The van der Waals surface area contributed by atoms with Crippen LogP contribution in [0.1, 0.15) is 28.1 Å². The van der Waals surface area contributed by atoms with Gasteiger partial charge in [0.2, 0.25) is 5.91 Å². The molecule has 4 rings (SSSR count). The van der Waals surface area contributed by atoms with Crippen molar-refractivity contribution in [1.29, 1.82) is 0 Å². The highest BCUT2D eigenvalue weighted by molar-refractivity contribution is 7.22. The molecule has 0 spiro atoms. The summed E-state index contributed by atoms with van der Waals surface area (Å²) >= 11 is 1.11. The van der Waals surface area contributed by atoms with Crippen LogP contribution in [-0.4, -0.2) is 27.2 Å².